The van der Waals surface area contributed by atoms with Crippen LogP contribution in [0.1, 0.15) is 78.3 Å². The third-order valence-electron chi connectivity index (χ3n) is 6.07. The molecule has 1 aromatic carbocycles. The number of nitrogens with zero attached hydrogens (tertiary/aromatic N) is 3. The van der Waals surface area contributed by atoms with Crippen molar-refractivity contribution in [3.8, 4) is 0 Å². The number of unbranched alkanes of at least 4 members (excludes halogenated alkanes) is 1. The Morgan fingerprint density at radius 2 is 1.77 bits per heavy atom. The van der Waals surface area contributed by atoms with Gasteiger partial charge in [-0.05, 0) is 43.5 Å². The maximum Gasteiger partial charge on any atom is 0.254 e. The molecule has 1 aliphatic carbocycles. The van der Waals surface area contributed by atoms with E-state index in [0.29, 0.717) is 22.9 Å². The quantitative estimate of drug-likeness (QED) is 0.513. The van der Waals surface area contributed by atoms with Gasteiger partial charge in [-0.25, -0.2) is 4.98 Å². The fraction of sp³-hybridized carbons (Fsp3) is 0.400. The minimum atomic E-state index is -0.0946. The molecule has 2 aromatic heterocycles. The fourth-order valence-electron chi connectivity index (χ4n) is 4.35. The summed E-state index contributed by atoms with van der Waals surface area (Å²) in [5.74, 6) is -0.00744. The topological polar surface area (TPSA) is 54.7 Å². The molecule has 2 heterocycles. The second kappa shape index (κ2) is 9.24. The predicted octanol–water partition coefficient (Wildman–Crippen LogP) is 5.14. The van der Waals surface area contributed by atoms with E-state index in [1.807, 2.05) is 24.4 Å². The van der Waals surface area contributed by atoms with E-state index >= 15 is 0 Å². The van der Waals surface area contributed by atoms with Gasteiger partial charge >= 0.3 is 0 Å². The Morgan fingerprint density at radius 3 is 2.50 bits per heavy atom. The molecule has 1 aliphatic rings. The summed E-state index contributed by atoms with van der Waals surface area (Å²) in [6.07, 6.45) is 11.4. The molecule has 1 fully saturated rings. The molecule has 0 saturated heterocycles. The number of rotatable bonds is 7. The van der Waals surface area contributed by atoms with E-state index in [2.05, 4.69) is 16.8 Å². The van der Waals surface area contributed by atoms with Gasteiger partial charge in [0.15, 0.2) is 0 Å². The van der Waals surface area contributed by atoms with E-state index in [9.17, 15) is 9.59 Å². The molecule has 0 aliphatic heterocycles. The highest BCUT2D eigenvalue weighted by Gasteiger charge is 2.26. The van der Waals surface area contributed by atoms with Gasteiger partial charge in [0.2, 0.25) is 5.78 Å². The zero-order valence-electron chi connectivity index (χ0n) is 17.6. The maximum absolute atomic E-state index is 13.3. The lowest BCUT2D eigenvalue weighted by Gasteiger charge is -2.34. The highest BCUT2D eigenvalue weighted by atomic mass is 16.2. The fourth-order valence-corrected chi connectivity index (χ4v) is 4.35. The summed E-state index contributed by atoms with van der Waals surface area (Å²) in [7, 11) is 0. The molecule has 5 nitrogen and oxygen atoms in total. The first-order valence-electron chi connectivity index (χ1n) is 11.1. The van der Waals surface area contributed by atoms with E-state index in [1.54, 1.807) is 34.9 Å². The summed E-state index contributed by atoms with van der Waals surface area (Å²) in [4.78, 5) is 32.6. The van der Waals surface area contributed by atoms with E-state index in [-0.39, 0.29) is 11.7 Å². The molecule has 4 rings (SSSR count). The second-order valence-electron chi connectivity index (χ2n) is 8.12. The molecule has 0 bridgehead atoms. The molecular formula is C25H29N3O2. The van der Waals surface area contributed by atoms with Crippen molar-refractivity contribution in [2.24, 2.45) is 0 Å². The van der Waals surface area contributed by atoms with Gasteiger partial charge in [-0.1, -0.05) is 50.8 Å². The average Bonchev–Trinajstić information content (AvgIpc) is 3.24. The monoisotopic (exact) mass is 403 g/mol. The Morgan fingerprint density at radius 1 is 1.03 bits per heavy atom. The summed E-state index contributed by atoms with van der Waals surface area (Å²) >= 11 is 0. The normalized spacial score (nSPS) is 14.7. The minimum Gasteiger partial charge on any atom is -0.336 e. The lowest BCUT2D eigenvalue weighted by Crippen LogP contribution is -2.42. The van der Waals surface area contributed by atoms with Crippen LogP contribution in [0.5, 0.6) is 0 Å². The Kier molecular flexibility index (Phi) is 6.26. The molecule has 0 unspecified atom stereocenters. The van der Waals surface area contributed by atoms with Gasteiger partial charge in [-0.15, -0.1) is 0 Å². The van der Waals surface area contributed by atoms with Crippen molar-refractivity contribution in [3.05, 3.63) is 71.7 Å². The SMILES string of the molecule is CCCCN(C(=O)c1ccc(C(=O)c2cnc3ccccn23)cc1)C1CCCCC1. The van der Waals surface area contributed by atoms with Gasteiger partial charge in [0.1, 0.15) is 11.3 Å². The van der Waals surface area contributed by atoms with Gasteiger partial charge in [0, 0.05) is 29.9 Å². The standard InChI is InChI=1S/C25H29N3O2/c1-2-3-16-27(21-9-5-4-6-10-21)25(30)20-14-12-19(13-15-20)24(29)22-18-26-23-11-7-8-17-28(22)23/h7-8,11-15,17-18,21H,2-6,9-10,16H2,1H3. The van der Waals surface area contributed by atoms with Crippen molar-refractivity contribution in [2.45, 2.75) is 57.9 Å². The van der Waals surface area contributed by atoms with Crippen molar-refractivity contribution < 1.29 is 9.59 Å². The molecule has 0 spiro atoms. The van der Waals surface area contributed by atoms with E-state index < -0.39 is 0 Å². The minimum absolute atomic E-state index is 0.0872. The Labute approximate surface area is 177 Å². The van der Waals surface area contributed by atoms with Crippen LogP contribution < -0.4 is 0 Å². The van der Waals surface area contributed by atoms with Crippen LogP contribution in [-0.2, 0) is 0 Å². The number of benzene rings is 1. The van der Waals surface area contributed by atoms with Gasteiger partial charge in [-0.2, -0.15) is 0 Å². The zero-order valence-corrected chi connectivity index (χ0v) is 17.6. The smallest absolute Gasteiger partial charge is 0.254 e. The number of pyridine rings is 1. The third kappa shape index (κ3) is 4.16. The summed E-state index contributed by atoms with van der Waals surface area (Å²) in [6.45, 7) is 2.96. The number of carbonyl (C=O) groups excluding carboxylic acids is 2. The molecule has 0 atom stereocenters. The predicted molar refractivity (Wildman–Crippen MR) is 118 cm³/mol. The van der Waals surface area contributed by atoms with Gasteiger partial charge < -0.3 is 4.90 Å². The largest absolute Gasteiger partial charge is 0.336 e. The van der Waals surface area contributed by atoms with Crippen LogP contribution in [-0.4, -0.2) is 38.6 Å². The van der Waals surface area contributed by atoms with Crippen molar-refractivity contribution in [1.29, 1.82) is 0 Å². The van der Waals surface area contributed by atoms with Crippen LogP contribution in [0.15, 0.2) is 54.9 Å². The van der Waals surface area contributed by atoms with E-state index in [0.717, 1.165) is 37.9 Å². The number of hydrogen-bond acceptors (Lipinski definition) is 3. The van der Waals surface area contributed by atoms with Crippen molar-refractivity contribution in [1.82, 2.24) is 14.3 Å². The lowest BCUT2D eigenvalue weighted by molar-refractivity contribution is 0.0630. The number of aromatic nitrogens is 2. The third-order valence-corrected chi connectivity index (χ3v) is 6.07. The average molecular weight is 404 g/mol. The Balaban J connectivity index is 1.54. The van der Waals surface area contributed by atoms with Crippen molar-refractivity contribution >= 4 is 17.3 Å². The first-order chi connectivity index (χ1) is 14.7. The zero-order chi connectivity index (χ0) is 20.9. The number of imidazole rings is 1. The van der Waals surface area contributed by atoms with Crippen LogP contribution in [0, 0.1) is 0 Å². The molecule has 0 radical (unpaired) electrons. The second-order valence-corrected chi connectivity index (χ2v) is 8.12. The molecule has 1 saturated carbocycles. The summed E-state index contributed by atoms with van der Waals surface area (Å²) in [6, 6.07) is 13.1. The van der Waals surface area contributed by atoms with Crippen molar-refractivity contribution in [3.63, 3.8) is 0 Å². The summed E-state index contributed by atoms with van der Waals surface area (Å²) in [5, 5.41) is 0. The first kappa shape index (κ1) is 20.3. The van der Waals surface area contributed by atoms with Gasteiger partial charge in [-0.3, -0.25) is 14.0 Å². The first-order valence-corrected chi connectivity index (χ1v) is 11.1. The van der Waals surface area contributed by atoms with E-state index in [1.165, 1.54) is 19.3 Å². The van der Waals surface area contributed by atoms with Gasteiger partial charge in [0.05, 0.1) is 6.20 Å². The molecule has 30 heavy (non-hydrogen) atoms. The molecule has 1 amide bonds. The Bertz CT molecular complexity index is 1020. The van der Waals surface area contributed by atoms with Crippen LogP contribution in [0.25, 0.3) is 5.65 Å². The van der Waals surface area contributed by atoms with Crippen LogP contribution in [0.3, 0.4) is 0 Å². The molecule has 0 N–H and O–H groups in total. The van der Waals surface area contributed by atoms with Crippen LogP contribution in [0.2, 0.25) is 0 Å². The molecular weight excluding hydrogens is 374 g/mol. The summed E-state index contributed by atoms with van der Waals surface area (Å²) in [5.41, 5.74) is 2.49. The number of amides is 1. The Hall–Kier alpha value is -2.95. The number of fused-ring (bicyclic) bond motifs is 1. The van der Waals surface area contributed by atoms with Crippen LogP contribution >= 0.6 is 0 Å². The van der Waals surface area contributed by atoms with Crippen LogP contribution in [0.4, 0.5) is 0 Å². The lowest BCUT2D eigenvalue weighted by atomic mass is 9.93. The molecule has 3 aromatic rings. The summed E-state index contributed by atoms with van der Waals surface area (Å²) < 4.78 is 1.79. The van der Waals surface area contributed by atoms with E-state index in [4.69, 9.17) is 0 Å². The van der Waals surface area contributed by atoms with Gasteiger partial charge in [0.25, 0.3) is 5.91 Å². The highest BCUT2D eigenvalue weighted by molar-refractivity contribution is 6.08. The number of hydrogen-bond donors (Lipinski definition) is 0. The molecule has 5 heteroatoms. The molecule has 156 valence electrons. The number of ketones is 1. The maximum atomic E-state index is 13.3. The highest BCUT2D eigenvalue weighted by Crippen LogP contribution is 2.25. The number of carbonyl (C=O) groups is 2. The van der Waals surface area contributed by atoms with Crippen molar-refractivity contribution in [2.75, 3.05) is 6.54 Å².